The Labute approximate surface area is 129 Å². The van der Waals surface area contributed by atoms with Gasteiger partial charge in [0.1, 0.15) is 0 Å². The van der Waals surface area contributed by atoms with Crippen LogP contribution in [0, 0.1) is 11.8 Å². The van der Waals surface area contributed by atoms with Crippen LogP contribution in [0.15, 0.2) is 16.5 Å². The SMILES string of the molecule is CC(C)[C@@H]1CN(S(C)(=O)=O)C[C@H]1NC(=O)c1ccc(Cl)o1. The maximum Gasteiger partial charge on any atom is 0.287 e. The van der Waals surface area contributed by atoms with Gasteiger partial charge in [-0.15, -0.1) is 0 Å². The first-order valence-electron chi connectivity index (χ1n) is 6.70. The van der Waals surface area contributed by atoms with Crippen molar-refractivity contribution in [2.45, 2.75) is 19.9 Å². The largest absolute Gasteiger partial charge is 0.440 e. The van der Waals surface area contributed by atoms with Crippen LogP contribution in [-0.4, -0.2) is 44.0 Å². The van der Waals surface area contributed by atoms with E-state index >= 15 is 0 Å². The molecule has 8 heteroatoms. The summed E-state index contributed by atoms with van der Waals surface area (Å²) in [5.41, 5.74) is 0. The highest BCUT2D eigenvalue weighted by Crippen LogP contribution is 2.26. The van der Waals surface area contributed by atoms with E-state index in [1.165, 1.54) is 22.7 Å². The number of furan rings is 1. The average molecular weight is 335 g/mol. The van der Waals surface area contributed by atoms with Crippen molar-refractivity contribution in [2.24, 2.45) is 11.8 Å². The molecule has 0 aromatic carbocycles. The lowest BCUT2D eigenvalue weighted by Crippen LogP contribution is -2.42. The molecule has 0 spiro atoms. The minimum atomic E-state index is -3.26. The van der Waals surface area contributed by atoms with Gasteiger partial charge in [-0.25, -0.2) is 8.42 Å². The van der Waals surface area contributed by atoms with Gasteiger partial charge in [-0.3, -0.25) is 4.79 Å². The van der Waals surface area contributed by atoms with E-state index in [4.69, 9.17) is 16.0 Å². The standard InChI is InChI=1S/C13H19ClN2O4S/c1-8(2)9-6-16(21(3,18)19)7-10(9)15-13(17)11-4-5-12(14)20-11/h4-5,8-10H,6-7H2,1-3H3,(H,15,17)/t9-,10+/m0/s1. The summed E-state index contributed by atoms with van der Waals surface area (Å²) in [5, 5.41) is 2.99. The second-order valence-electron chi connectivity index (χ2n) is 5.67. The zero-order valence-electron chi connectivity index (χ0n) is 12.2. The Morgan fingerprint density at radius 3 is 2.57 bits per heavy atom. The number of carbonyl (C=O) groups excluding carboxylic acids is 1. The van der Waals surface area contributed by atoms with Crippen molar-refractivity contribution in [3.05, 3.63) is 23.1 Å². The van der Waals surface area contributed by atoms with Crippen LogP contribution in [-0.2, 0) is 10.0 Å². The summed E-state index contributed by atoms with van der Waals surface area (Å²) < 4.78 is 29.8. The highest BCUT2D eigenvalue weighted by Gasteiger charge is 2.39. The molecular formula is C13H19ClN2O4S. The molecule has 0 unspecified atom stereocenters. The van der Waals surface area contributed by atoms with E-state index in [9.17, 15) is 13.2 Å². The van der Waals surface area contributed by atoms with E-state index in [0.29, 0.717) is 6.54 Å². The highest BCUT2D eigenvalue weighted by atomic mass is 35.5. The number of rotatable bonds is 4. The number of nitrogens with one attached hydrogen (secondary N) is 1. The average Bonchev–Trinajstić information content (AvgIpc) is 2.94. The minimum Gasteiger partial charge on any atom is -0.440 e. The number of nitrogens with zero attached hydrogens (tertiary/aromatic N) is 1. The van der Waals surface area contributed by atoms with Crippen LogP contribution in [0.5, 0.6) is 0 Å². The molecule has 1 saturated heterocycles. The number of amides is 1. The van der Waals surface area contributed by atoms with Crippen molar-refractivity contribution >= 4 is 27.5 Å². The maximum atomic E-state index is 12.1. The summed E-state index contributed by atoms with van der Waals surface area (Å²) in [4.78, 5) is 12.1. The topological polar surface area (TPSA) is 79.6 Å². The van der Waals surface area contributed by atoms with Gasteiger partial charge in [0.15, 0.2) is 11.0 Å². The Morgan fingerprint density at radius 2 is 2.10 bits per heavy atom. The third-order valence-corrected chi connectivity index (χ3v) is 5.21. The summed E-state index contributed by atoms with van der Waals surface area (Å²) in [6.07, 6.45) is 1.18. The Morgan fingerprint density at radius 1 is 1.43 bits per heavy atom. The Bertz CT molecular complexity index is 626. The van der Waals surface area contributed by atoms with Gasteiger partial charge in [-0.2, -0.15) is 4.31 Å². The quantitative estimate of drug-likeness (QED) is 0.906. The summed E-state index contributed by atoms with van der Waals surface area (Å²) in [5.74, 6) is 0.0598. The predicted octanol–water partition coefficient (Wildman–Crippen LogP) is 1.58. The fourth-order valence-electron chi connectivity index (χ4n) is 2.57. The minimum absolute atomic E-state index is 0.0640. The molecule has 1 fully saturated rings. The summed E-state index contributed by atoms with van der Waals surface area (Å²) >= 11 is 5.65. The van der Waals surface area contributed by atoms with Gasteiger partial charge in [0.2, 0.25) is 10.0 Å². The molecule has 0 radical (unpaired) electrons. The fourth-order valence-corrected chi connectivity index (χ4v) is 3.59. The fraction of sp³-hybridized carbons (Fsp3) is 0.615. The Hall–Kier alpha value is -1.05. The number of hydrogen-bond acceptors (Lipinski definition) is 4. The second-order valence-corrected chi connectivity index (χ2v) is 8.03. The lowest BCUT2D eigenvalue weighted by Gasteiger charge is -2.22. The van der Waals surface area contributed by atoms with Crippen LogP contribution in [0.4, 0.5) is 0 Å². The number of sulfonamides is 1. The van der Waals surface area contributed by atoms with Crippen LogP contribution in [0.2, 0.25) is 5.22 Å². The van der Waals surface area contributed by atoms with E-state index < -0.39 is 10.0 Å². The van der Waals surface area contributed by atoms with Crippen molar-refractivity contribution in [3.63, 3.8) is 0 Å². The maximum absolute atomic E-state index is 12.1. The van der Waals surface area contributed by atoms with Crippen molar-refractivity contribution in [1.29, 1.82) is 0 Å². The van der Waals surface area contributed by atoms with Crippen molar-refractivity contribution in [3.8, 4) is 0 Å². The first kappa shape index (κ1) is 16.3. The lowest BCUT2D eigenvalue weighted by molar-refractivity contribution is 0.0897. The number of halogens is 1. The first-order valence-corrected chi connectivity index (χ1v) is 8.92. The molecule has 0 aliphatic carbocycles. The monoisotopic (exact) mass is 334 g/mol. The zero-order valence-corrected chi connectivity index (χ0v) is 13.7. The Balaban J connectivity index is 2.12. The van der Waals surface area contributed by atoms with Crippen LogP contribution in [0.1, 0.15) is 24.4 Å². The molecule has 2 heterocycles. The second kappa shape index (κ2) is 5.98. The smallest absolute Gasteiger partial charge is 0.287 e. The zero-order chi connectivity index (χ0) is 15.8. The first-order chi connectivity index (χ1) is 9.68. The van der Waals surface area contributed by atoms with E-state index in [1.54, 1.807) is 0 Å². The molecule has 0 saturated carbocycles. The predicted molar refractivity (Wildman–Crippen MR) is 79.7 cm³/mol. The molecule has 1 amide bonds. The molecule has 2 atom stereocenters. The summed E-state index contributed by atoms with van der Waals surface area (Å²) in [6.45, 7) is 4.72. The molecule has 21 heavy (non-hydrogen) atoms. The van der Waals surface area contributed by atoms with Crippen LogP contribution in [0.3, 0.4) is 0 Å². The molecule has 0 bridgehead atoms. The molecule has 1 aliphatic heterocycles. The van der Waals surface area contributed by atoms with Crippen molar-refractivity contribution in [1.82, 2.24) is 9.62 Å². The van der Waals surface area contributed by atoms with Crippen LogP contribution >= 0.6 is 11.6 Å². The van der Waals surface area contributed by atoms with Crippen LogP contribution < -0.4 is 5.32 Å². The molecular weight excluding hydrogens is 316 g/mol. The van der Waals surface area contributed by atoms with Gasteiger partial charge in [0, 0.05) is 19.1 Å². The molecule has 1 aromatic rings. The van der Waals surface area contributed by atoms with E-state index in [1.807, 2.05) is 13.8 Å². The Kier molecular flexibility index (Phi) is 4.65. The number of carbonyl (C=O) groups is 1. The van der Waals surface area contributed by atoms with Gasteiger partial charge in [0.25, 0.3) is 5.91 Å². The van der Waals surface area contributed by atoms with Crippen molar-refractivity contribution < 1.29 is 17.6 Å². The molecule has 1 N–H and O–H groups in total. The van der Waals surface area contributed by atoms with Gasteiger partial charge < -0.3 is 9.73 Å². The van der Waals surface area contributed by atoms with E-state index in [2.05, 4.69) is 5.32 Å². The lowest BCUT2D eigenvalue weighted by atomic mass is 9.91. The van der Waals surface area contributed by atoms with Gasteiger partial charge in [-0.1, -0.05) is 13.8 Å². The molecule has 1 aliphatic rings. The van der Waals surface area contributed by atoms with Gasteiger partial charge in [-0.05, 0) is 35.6 Å². The molecule has 6 nitrogen and oxygen atoms in total. The highest BCUT2D eigenvalue weighted by molar-refractivity contribution is 7.88. The molecule has 118 valence electrons. The summed E-state index contributed by atoms with van der Waals surface area (Å²) in [7, 11) is -3.26. The van der Waals surface area contributed by atoms with Crippen molar-refractivity contribution in [2.75, 3.05) is 19.3 Å². The normalized spacial score (nSPS) is 23.7. The van der Waals surface area contributed by atoms with E-state index in [-0.39, 0.29) is 41.3 Å². The van der Waals surface area contributed by atoms with E-state index in [0.717, 1.165) is 0 Å². The number of hydrogen-bond donors (Lipinski definition) is 1. The summed E-state index contributed by atoms with van der Waals surface area (Å²) in [6, 6.07) is 2.75. The third kappa shape index (κ3) is 3.78. The van der Waals surface area contributed by atoms with Crippen LogP contribution in [0.25, 0.3) is 0 Å². The van der Waals surface area contributed by atoms with Gasteiger partial charge >= 0.3 is 0 Å². The third-order valence-electron chi connectivity index (χ3n) is 3.77. The molecule has 2 rings (SSSR count). The molecule has 1 aromatic heterocycles. The van der Waals surface area contributed by atoms with Gasteiger partial charge in [0.05, 0.1) is 6.26 Å².